The molecule has 8 nitrogen and oxygen atoms in total. The summed E-state index contributed by atoms with van der Waals surface area (Å²) in [7, 11) is 0. The highest BCUT2D eigenvalue weighted by atomic mass is 79.9. The van der Waals surface area contributed by atoms with Gasteiger partial charge >= 0.3 is 0 Å². The van der Waals surface area contributed by atoms with Crippen molar-refractivity contribution >= 4 is 44.8 Å². The van der Waals surface area contributed by atoms with Gasteiger partial charge in [0, 0.05) is 16.6 Å². The number of rotatable bonds is 5. The molecule has 0 saturated carbocycles. The fourth-order valence-electron chi connectivity index (χ4n) is 2.74. The third-order valence-electron chi connectivity index (χ3n) is 4.08. The lowest BCUT2D eigenvalue weighted by Gasteiger charge is -2.33. The minimum absolute atomic E-state index is 0.184. The second-order valence-electron chi connectivity index (χ2n) is 5.88. The predicted molar refractivity (Wildman–Crippen MR) is 103 cm³/mol. The Morgan fingerprint density at radius 1 is 1.33 bits per heavy atom. The molecule has 0 radical (unpaired) electrons. The average molecular weight is 434 g/mol. The van der Waals surface area contributed by atoms with Gasteiger partial charge in [-0.25, -0.2) is 0 Å². The van der Waals surface area contributed by atoms with E-state index in [9.17, 15) is 19.7 Å². The zero-order valence-electron chi connectivity index (χ0n) is 14.3. The number of anilines is 2. The monoisotopic (exact) mass is 433 g/mol. The van der Waals surface area contributed by atoms with Crippen LogP contribution >= 0.6 is 15.9 Å². The number of hydrogen-bond acceptors (Lipinski definition) is 5. The number of carbonyl (C=O) groups is 2. The van der Waals surface area contributed by atoms with Gasteiger partial charge in [0.05, 0.1) is 16.3 Å². The van der Waals surface area contributed by atoms with Gasteiger partial charge in [0.15, 0.2) is 6.10 Å². The van der Waals surface area contributed by atoms with Crippen LogP contribution in [0.1, 0.15) is 13.3 Å². The number of hydrogen-bond donors (Lipinski definition) is 1. The van der Waals surface area contributed by atoms with Crippen LogP contribution in [-0.4, -0.2) is 29.4 Å². The minimum Gasteiger partial charge on any atom is -0.478 e. The van der Waals surface area contributed by atoms with E-state index in [1.165, 1.54) is 23.1 Å². The van der Waals surface area contributed by atoms with Gasteiger partial charge in [-0.1, -0.05) is 19.1 Å². The molecule has 1 heterocycles. The van der Waals surface area contributed by atoms with Gasteiger partial charge < -0.3 is 10.1 Å². The summed E-state index contributed by atoms with van der Waals surface area (Å²) in [5.74, 6) is -0.502. The SMILES string of the molecule is CCC1Oc2ccc([N+](=O)[O-])cc2N(CC(=O)Nc2ccccc2Br)C1=O. The minimum atomic E-state index is -0.741. The molecule has 0 fully saturated rings. The maximum absolute atomic E-state index is 12.7. The number of ether oxygens (including phenoxy) is 1. The first-order valence-corrected chi connectivity index (χ1v) is 9.01. The summed E-state index contributed by atoms with van der Waals surface area (Å²) in [4.78, 5) is 36.9. The number of nitrogens with one attached hydrogen (secondary N) is 1. The fraction of sp³-hybridized carbons (Fsp3) is 0.222. The highest BCUT2D eigenvalue weighted by molar-refractivity contribution is 9.10. The smallest absolute Gasteiger partial charge is 0.271 e. The summed E-state index contributed by atoms with van der Waals surface area (Å²) in [6.07, 6.45) is -0.326. The molecular formula is C18H16BrN3O5. The molecule has 140 valence electrons. The molecule has 2 aromatic carbocycles. The van der Waals surface area contributed by atoms with Crippen LogP contribution < -0.4 is 15.0 Å². The van der Waals surface area contributed by atoms with Gasteiger partial charge in [-0.15, -0.1) is 0 Å². The number of carbonyl (C=O) groups excluding carboxylic acids is 2. The van der Waals surface area contributed by atoms with Crippen molar-refractivity contribution in [1.82, 2.24) is 0 Å². The number of non-ortho nitro benzene ring substituents is 1. The zero-order chi connectivity index (χ0) is 19.6. The van der Waals surface area contributed by atoms with Crippen LogP contribution in [-0.2, 0) is 9.59 Å². The fourth-order valence-corrected chi connectivity index (χ4v) is 3.13. The van der Waals surface area contributed by atoms with Gasteiger partial charge in [0.2, 0.25) is 5.91 Å². The summed E-state index contributed by atoms with van der Waals surface area (Å²) in [6.45, 7) is 1.51. The summed E-state index contributed by atoms with van der Waals surface area (Å²) >= 11 is 3.34. The Hall–Kier alpha value is -2.94. The van der Waals surface area contributed by atoms with Crippen molar-refractivity contribution in [3.8, 4) is 5.75 Å². The Kier molecular flexibility index (Phi) is 5.41. The first-order chi connectivity index (χ1) is 12.9. The van der Waals surface area contributed by atoms with Crippen LogP contribution in [0.4, 0.5) is 17.1 Å². The van der Waals surface area contributed by atoms with E-state index < -0.39 is 22.8 Å². The second kappa shape index (κ2) is 7.75. The van der Waals surface area contributed by atoms with E-state index >= 15 is 0 Å². The Balaban J connectivity index is 1.89. The van der Waals surface area contributed by atoms with Crippen LogP contribution in [0.3, 0.4) is 0 Å². The maximum atomic E-state index is 12.7. The Morgan fingerprint density at radius 3 is 2.74 bits per heavy atom. The summed E-state index contributed by atoms with van der Waals surface area (Å²) in [5.41, 5.74) is 0.590. The third kappa shape index (κ3) is 3.92. The lowest BCUT2D eigenvalue weighted by Crippen LogP contribution is -2.48. The number of para-hydroxylation sites is 1. The number of benzene rings is 2. The van der Waals surface area contributed by atoms with Gasteiger partial charge in [0.1, 0.15) is 12.3 Å². The molecule has 0 saturated heterocycles. The van der Waals surface area contributed by atoms with Gasteiger partial charge in [-0.3, -0.25) is 24.6 Å². The van der Waals surface area contributed by atoms with Crippen LogP contribution in [0, 0.1) is 10.1 Å². The van der Waals surface area contributed by atoms with Crippen molar-refractivity contribution in [2.24, 2.45) is 0 Å². The molecule has 3 rings (SSSR count). The number of fused-ring (bicyclic) bond motifs is 1. The molecule has 1 aliphatic heterocycles. The van der Waals surface area contributed by atoms with Crippen molar-refractivity contribution in [1.29, 1.82) is 0 Å². The highest BCUT2D eigenvalue weighted by Crippen LogP contribution is 2.37. The Bertz CT molecular complexity index is 918. The quantitative estimate of drug-likeness (QED) is 0.574. The van der Waals surface area contributed by atoms with E-state index in [1.54, 1.807) is 25.1 Å². The van der Waals surface area contributed by atoms with Gasteiger partial charge in [0.25, 0.3) is 11.6 Å². The maximum Gasteiger partial charge on any atom is 0.271 e. The number of amides is 2. The van der Waals surface area contributed by atoms with E-state index in [4.69, 9.17) is 4.74 Å². The van der Waals surface area contributed by atoms with E-state index in [1.807, 2.05) is 6.07 Å². The van der Waals surface area contributed by atoms with E-state index in [2.05, 4.69) is 21.2 Å². The molecule has 1 N–H and O–H groups in total. The molecule has 0 aliphatic carbocycles. The standard InChI is InChI=1S/C18H16BrN3O5/c1-2-15-18(24)21(10-17(23)20-13-6-4-3-5-12(13)19)14-9-11(22(25)26)7-8-16(14)27-15/h3-9,15H,2,10H2,1H3,(H,20,23). The molecule has 1 aliphatic rings. The topological polar surface area (TPSA) is 102 Å². The van der Waals surface area contributed by atoms with E-state index in [0.717, 1.165) is 0 Å². The number of nitro groups is 1. The van der Waals surface area contributed by atoms with Gasteiger partial charge in [-0.2, -0.15) is 0 Å². The van der Waals surface area contributed by atoms with Crippen LogP contribution in [0.25, 0.3) is 0 Å². The molecule has 2 amide bonds. The van der Waals surface area contributed by atoms with E-state index in [-0.39, 0.29) is 17.9 Å². The number of halogens is 1. The predicted octanol–water partition coefficient (Wildman–Crippen LogP) is 3.50. The second-order valence-corrected chi connectivity index (χ2v) is 6.73. The summed E-state index contributed by atoms with van der Waals surface area (Å²) < 4.78 is 6.33. The largest absolute Gasteiger partial charge is 0.478 e. The van der Waals surface area contributed by atoms with Crippen molar-refractivity contribution in [3.63, 3.8) is 0 Å². The molecule has 0 bridgehead atoms. The van der Waals surface area contributed by atoms with Crippen molar-refractivity contribution in [2.45, 2.75) is 19.4 Å². The van der Waals surface area contributed by atoms with Crippen LogP contribution in [0.15, 0.2) is 46.9 Å². The highest BCUT2D eigenvalue weighted by Gasteiger charge is 2.35. The molecule has 2 aromatic rings. The van der Waals surface area contributed by atoms with Crippen molar-refractivity contribution in [3.05, 3.63) is 57.1 Å². The molecule has 27 heavy (non-hydrogen) atoms. The van der Waals surface area contributed by atoms with Crippen molar-refractivity contribution < 1.29 is 19.2 Å². The molecule has 1 unspecified atom stereocenters. The summed E-state index contributed by atoms with van der Waals surface area (Å²) in [6, 6.07) is 11.1. The van der Waals surface area contributed by atoms with Crippen molar-refractivity contribution in [2.75, 3.05) is 16.8 Å². The molecule has 1 atom stereocenters. The first-order valence-electron chi connectivity index (χ1n) is 8.21. The van der Waals surface area contributed by atoms with Crippen LogP contribution in [0.5, 0.6) is 5.75 Å². The van der Waals surface area contributed by atoms with Gasteiger partial charge in [-0.05, 0) is 40.5 Å². The molecule has 9 heteroatoms. The van der Waals surface area contributed by atoms with E-state index in [0.29, 0.717) is 22.3 Å². The average Bonchev–Trinajstić information content (AvgIpc) is 2.65. The zero-order valence-corrected chi connectivity index (χ0v) is 15.9. The Morgan fingerprint density at radius 2 is 2.07 bits per heavy atom. The molecule has 0 aromatic heterocycles. The molecular weight excluding hydrogens is 418 g/mol. The lowest BCUT2D eigenvalue weighted by molar-refractivity contribution is -0.384. The Labute approximate surface area is 163 Å². The van der Waals surface area contributed by atoms with Crippen LogP contribution in [0.2, 0.25) is 0 Å². The third-order valence-corrected chi connectivity index (χ3v) is 4.77. The molecule has 0 spiro atoms. The number of nitrogens with zero attached hydrogens (tertiary/aromatic N) is 2. The lowest BCUT2D eigenvalue weighted by atomic mass is 10.1. The number of nitro benzene ring substituents is 1. The normalized spacial score (nSPS) is 15.7. The summed E-state index contributed by atoms with van der Waals surface area (Å²) in [5, 5.41) is 13.8. The first kappa shape index (κ1) is 18.8.